The van der Waals surface area contributed by atoms with E-state index in [-0.39, 0.29) is 32.9 Å². The Labute approximate surface area is 149 Å². The van der Waals surface area contributed by atoms with Crippen molar-refractivity contribution in [2.75, 3.05) is 7.11 Å². The van der Waals surface area contributed by atoms with Gasteiger partial charge in [0.15, 0.2) is 0 Å². The molecule has 0 fully saturated rings. The van der Waals surface area contributed by atoms with Crippen LogP contribution in [-0.2, 0) is 6.54 Å². The fraction of sp³-hybridized carbons (Fsp3) is 0.133. The second-order valence-electron chi connectivity index (χ2n) is 4.69. The number of ether oxygens (including phenoxy) is 1. The summed E-state index contributed by atoms with van der Waals surface area (Å²) in [4.78, 5) is 23.4. The Hall–Kier alpha value is -2.03. The predicted molar refractivity (Wildman–Crippen MR) is 90.1 cm³/mol. The molecular formula is C15H11BrClFN2O4. The Morgan fingerprint density at radius 1 is 1.46 bits per heavy atom. The van der Waals surface area contributed by atoms with Crippen LogP contribution >= 0.6 is 27.5 Å². The maximum absolute atomic E-state index is 13.4. The van der Waals surface area contributed by atoms with Crippen LogP contribution in [0.15, 0.2) is 28.7 Å². The number of nitrogens with two attached hydrogens (primary N) is 1. The Balaban J connectivity index is 2.79. The van der Waals surface area contributed by atoms with Gasteiger partial charge in [-0.15, -0.1) is 0 Å². The largest absolute Gasteiger partial charge is 0.495 e. The lowest BCUT2D eigenvalue weighted by Crippen LogP contribution is -2.11. The fourth-order valence-corrected chi connectivity index (χ4v) is 3.21. The molecule has 0 bridgehead atoms. The third-order valence-corrected chi connectivity index (χ3v) is 4.38. The number of nitro groups is 1. The number of ketones is 1. The van der Waals surface area contributed by atoms with Crippen LogP contribution in [0, 0.1) is 15.9 Å². The molecule has 0 atom stereocenters. The smallest absolute Gasteiger partial charge is 0.282 e. The molecule has 2 N–H and O–H groups in total. The highest BCUT2D eigenvalue weighted by Gasteiger charge is 2.30. The highest BCUT2D eigenvalue weighted by atomic mass is 79.9. The van der Waals surface area contributed by atoms with Crippen LogP contribution in [0.25, 0.3) is 0 Å². The molecule has 0 aliphatic carbocycles. The van der Waals surface area contributed by atoms with Crippen molar-refractivity contribution in [3.05, 3.63) is 66.4 Å². The normalized spacial score (nSPS) is 10.5. The lowest BCUT2D eigenvalue weighted by Gasteiger charge is -2.13. The summed E-state index contributed by atoms with van der Waals surface area (Å²) >= 11 is 9.08. The predicted octanol–water partition coefficient (Wildman–Crippen LogP) is 3.85. The van der Waals surface area contributed by atoms with E-state index in [0.29, 0.717) is 5.56 Å². The molecular weight excluding hydrogens is 407 g/mol. The van der Waals surface area contributed by atoms with Gasteiger partial charge in [0.05, 0.1) is 21.5 Å². The molecule has 2 rings (SSSR count). The summed E-state index contributed by atoms with van der Waals surface area (Å²) in [5, 5.41) is 11.3. The number of hydrogen-bond donors (Lipinski definition) is 1. The quantitative estimate of drug-likeness (QED) is 0.453. The molecule has 24 heavy (non-hydrogen) atoms. The zero-order chi connectivity index (χ0) is 18.0. The van der Waals surface area contributed by atoms with Crippen LogP contribution in [-0.4, -0.2) is 17.8 Å². The van der Waals surface area contributed by atoms with Crippen LogP contribution < -0.4 is 10.5 Å². The minimum absolute atomic E-state index is 0.0236. The maximum Gasteiger partial charge on any atom is 0.282 e. The standard InChI is InChI=1S/C15H11BrClFN2O4/c1-24-15-7(6-19)4-11(20(22)23)12(13(15)16)14(21)9-5-8(18)2-3-10(9)17/h2-5H,6,19H2,1H3. The maximum atomic E-state index is 13.4. The first kappa shape index (κ1) is 18.3. The first-order chi connectivity index (χ1) is 11.3. The third kappa shape index (κ3) is 3.26. The monoisotopic (exact) mass is 416 g/mol. The molecule has 126 valence electrons. The van der Waals surface area contributed by atoms with E-state index >= 15 is 0 Å². The molecule has 9 heteroatoms. The van der Waals surface area contributed by atoms with Crippen molar-refractivity contribution in [1.82, 2.24) is 0 Å². The number of hydrogen-bond acceptors (Lipinski definition) is 5. The number of benzene rings is 2. The van der Waals surface area contributed by atoms with Gasteiger partial charge in [-0.3, -0.25) is 14.9 Å². The van der Waals surface area contributed by atoms with Crippen molar-refractivity contribution >= 4 is 39.0 Å². The molecule has 0 heterocycles. The van der Waals surface area contributed by atoms with Gasteiger partial charge < -0.3 is 10.5 Å². The number of carbonyl (C=O) groups is 1. The minimum Gasteiger partial charge on any atom is -0.495 e. The van der Waals surface area contributed by atoms with Crippen LogP contribution in [0.2, 0.25) is 5.02 Å². The van der Waals surface area contributed by atoms with Crippen molar-refractivity contribution in [3.8, 4) is 5.75 Å². The van der Waals surface area contributed by atoms with E-state index in [1.165, 1.54) is 13.2 Å². The van der Waals surface area contributed by atoms with Gasteiger partial charge in [0.1, 0.15) is 17.1 Å². The van der Waals surface area contributed by atoms with Crippen LogP contribution in [0.5, 0.6) is 5.75 Å². The molecule has 2 aromatic rings. The summed E-state index contributed by atoms with van der Waals surface area (Å²) in [6.45, 7) is -0.0300. The Kier molecular flexibility index (Phi) is 5.53. The molecule has 0 unspecified atom stereocenters. The van der Waals surface area contributed by atoms with E-state index in [1.54, 1.807) is 0 Å². The summed E-state index contributed by atoms with van der Waals surface area (Å²) in [6.07, 6.45) is 0. The summed E-state index contributed by atoms with van der Waals surface area (Å²) in [6, 6.07) is 4.37. The number of halogens is 3. The minimum atomic E-state index is -0.806. The summed E-state index contributed by atoms with van der Waals surface area (Å²) in [7, 11) is 1.34. The van der Waals surface area contributed by atoms with Crippen LogP contribution in [0.1, 0.15) is 21.5 Å². The number of methoxy groups -OCH3 is 1. The zero-order valence-corrected chi connectivity index (χ0v) is 14.6. The molecule has 0 saturated heterocycles. The van der Waals surface area contributed by atoms with Gasteiger partial charge in [0.2, 0.25) is 5.78 Å². The molecule has 0 aliphatic heterocycles. The van der Waals surface area contributed by atoms with E-state index in [1.807, 2.05) is 0 Å². The fourth-order valence-electron chi connectivity index (χ4n) is 2.21. The summed E-state index contributed by atoms with van der Waals surface area (Å²) < 4.78 is 18.7. The molecule has 0 aliphatic rings. The van der Waals surface area contributed by atoms with E-state index < -0.39 is 22.2 Å². The van der Waals surface area contributed by atoms with Gasteiger partial charge >= 0.3 is 0 Å². The summed E-state index contributed by atoms with van der Waals surface area (Å²) in [5.74, 6) is -1.30. The average molecular weight is 418 g/mol. The zero-order valence-electron chi connectivity index (χ0n) is 12.3. The van der Waals surface area contributed by atoms with Crippen molar-refractivity contribution in [3.63, 3.8) is 0 Å². The second kappa shape index (κ2) is 7.25. The Morgan fingerprint density at radius 2 is 2.12 bits per heavy atom. The SMILES string of the molecule is COc1c(CN)cc([N+](=O)[O-])c(C(=O)c2cc(F)ccc2Cl)c1Br. The lowest BCUT2D eigenvalue weighted by molar-refractivity contribution is -0.385. The molecule has 0 amide bonds. The van der Waals surface area contributed by atoms with Crippen molar-refractivity contribution in [1.29, 1.82) is 0 Å². The molecule has 6 nitrogen and oxygen atoms in total. The Bertz CT molecular complexity index is 845. The van der Waals surface area contributed by atoms with Gasteiger partial charge in [-0.2, -0.15) is 0 Å². The van der Waals surface area contributed by atoms with E-state index in [2.05, 4.69) is 15.9 Å². The number of nitrogens with zero attached hydrogens (tertiary/aromatic N) is 1. The van der Waals surface area contributed by atoms with Crippen LogP contribution in [0.3, 0.4) is 0 Å². The van der Waals surface area contributed by atoms with Crippen molar-refractivity contribution < 1.29 is 18.8 Å². The molecule has 0 aromatic heterocycles. The molecule has 2 aromatic carbocycles. The average Bonchev–Trinajstić information content (AvgIpc) is 2.55. The van der Waals surface area contributed by atoms with Crippen molar-refractivity contribution in [2.24, 2.45) is 5.73 Å². The van der Waals surface area contributed by atoms with Gasteiger partial charge in [-0.05, 0) is 34.1 Å². The van der Waals surface area contributed by atoms with Gasteiger partial charge in [0.25, 0.3) is 5.69 Å². The Morgan fingerprint density at radius 3 is 2.67 bits per heavy atom. The van der Waals surface area contributed by atoms with Crippen LogP contribution in [0.4, 0.5) is 10.1 Å². The van der Waals surface area contributed by atoms with E-state index in [0.717, 1.165) is 18.2 Å². The number of nitro benzene ring substituents is 1. The van der Waals surface area contributed by atoms with Crippen molar-refractivity contribution in [2.45, 2.75) is 6.54 Å². The summed E-state index contributed by atoms with van der Waals surface area (Å²) in [5.41, 5.74) is 4.95. The number of rotatable bonds is 5. The van der Waals surface area contributed by atoms with E-state index in [4.69, 9.17) is 22.1 Å². The topological polar surface area (TPSA) is 95.5 Å². The van der Waals surface area contributed by atoms with Gasteiger partial charge in [-0.25, -0.2) is 4.39 Å². The second-order valence-corrected chi connectivity index (χ2v) is 5.89. The van der Waals surface area contributed by atoms with Gasteiger partial charge in [0, 0.05) is 23.7 Å². The lowest BCUT2D eigenvalue weighted by atomic mass is 9.99. The first-order valence-corrected chi connectivity index (χ1v) is 7.72. The molecule has 0 spiro atoms. The number of carbonyl (C=O) groups excluding carboxylic acids is 1. The van der Waals surface area contributed by atoms with E-state index in [9.17, 15) is 19.3 Å². The molecule has 0 saturated carbocycles. The highest BCUT2D eigenvalue weighted by molar-refractivity contribution is 9.10. The highest BCUT2D eigenvalue weighted by Crippen LogP contribution is 2.40. The van der Waals surface area contributed by atoms with Gasteiger partial charge in [-0.1, -0.05) is 11.6 Å². The first-order valence-electron chi connectivity index (χ1n) is 6.55. The third-order valence-electron chi connectivity index (χ3n) is 3.30. The molecule has 0 radical (unpaired) electrons.